The highest BCUT2D eigenvalue weighted by Gasteiger charge is 2.35. The summed E-state index contributed by atoms with van der Waals surface area (Å²) in [6, 6.07) is -0.724. The van der Waals surface area contributed by atoms with Gasteiger partial charge in [0.05, 0.1) is 29.3 Å². The quantitative estimate of drug-likeness (QED) is 0.138. The normalized spacial score (nSPS) is 13.8. The van der Waals surface area contributed by atoms with Crippen LogP contribution in [0.5, 0.6) is 0 Å². The van der Waals surface area contributed by atoms with E-state index >= 15 is 0 Å². The SMILES string of the molecule is CCOC(=O)C(C=N[C@@H](C)CO)C(=O)c1c(F)c(F)c(Br)c(F)c1F. The molecule has 2 atom stereocenters. The van der Waals surface area contributed by atoms with Gasteiger partial charge in [-0.2, -0.15) is 0 Å². The maximum atomic E-state index is 14.0. The number of aliphatic imine (C=N–C) groups is 1. The van der Waals surface area contributed by atoms with Crippen LogP contribution in [0.3, 0.4) is 0 Å². The molecule has 1 aromatic carbocycles. The largest absolute Gasteiger partial charge is 0.465 e. The van der Waals surface area contributed by atoms with E-state index in [2.05, 4.69) is 25.7 Å². The second-order valence-corrected chi connectivity index (χ2v) is 5.66. The fraction of sp³-hybridized carbons (Fsp3) is 0.400. The number of halogens is 5. The molecule has 0 bridgehead atoms. The number of aliphatic hydroxyl groups excluding tert-OH is 1. The smallest absolute Gasteiger partial charge is 0.322 e. The van der Waals surface area contributed by atoms with Crippen molar-refractivity contribution in [3.8, 4) is 0 Å². The monoisotopic (exact) mass is 427 g/mol. The first kappa shape index (κ1) is 21.2. The molecule has 10 heteroatoms. The Hall–Kier alpha value is -1.81. The third kappa shape index (κ3) is 4.63. The molecular weight excluding hydrogens is 414 g/mol. The van der Waals surface area contributed by atoms with Crippen molar-refractivity contribution in [3.05, 3.63) is 33.3 Å². The van der Waals surface area contributed by atoms with Crippen LogP contribution in [-0.2, 0) is 9.53 Å². The van der Waals surface area contributed by atoms with Crippen LogP contribution >= 0.6 is 15.9 Å². The Morgan fingerprint density at radius 3 is 2.16 bits per heavy atom. The van der Waals surface area contributed by atoms with Crippen molar-refractivity contribution in [2.45, 2.75) is 19.9 Å². The molecule has 0 aromatic heterocycles. The number of aliphatic hydroxyl groups is 1. The van der Waals surface area contributed by atoms with Gasteiger partial charge in [0.15, 0.2) is 35.0 Å². The third-order valence-corrected chi connectivity index (χ3v) is 3.73. The molecule has 1 unspecified atom stereocenters. The lowest BCUT2D eigenvalue weighted by molar-refractivity contribution is -0.144. The van der Waals surface area contributed by atoms with Gasteiger partial charge in [0.1, 0.15) is 0 Å². The molecule has 0 spiro atoms. The lowest BCUT2D eigenvalue weighted by Crippen LogP contribution is -2.30. The zero-order valence-electron chi connectivity index (χ0n) is 13.2. The molecule has 0 radical (unpaired) electrons. The van der Waals surface area contributed by atoms with Crippen LogP contribution in [0.2, 0.25) is 0 Å². The molecule has 5 nitrogen and oxygen atoms in total. The number of benzene rings is 1. The molecule has 138 valence electrons. The highest BCUT2D eigenvalue weighted by Crippen LogP contribution is 2.29. The van der Waals surface area contributed by atoms with Gasteiger partial charge in [0.2, 0.25) is 0 Å². The highest BCUT2D eigenvalue weighted by atomic mass is 79.9. The van der Waals surface area contributed by atoms with Gasteiger partial charge in [-0.3, -0.25) is 14.6 Å². The summed E-state index contributed by atoms with van der Waals surface area (Å²) in [5.74, 6) is -12.2. The highest BCUT2D eigenvalue weighted by molar-refractivity contribution is 9.10. The van der Waals surface area contributed by atoms with Crippen LogP contribution in [0.25, 0.3) is 0 Å². The molecule has 0 aliphatic carbocycles. The molecule has 1 aromatic rings. The van der Waals surface area contributed by atoms with Gasteiger partial charge < -0.3 is 9.84 Å². The molecule has 1 N–H and O–H groups in total. The summed E-state index contributed by atoms with van der Waals surface area (Å²) in [6.45, 7) is 2.28. The van der Waals surface area contributed by atoms with Gasteiger partial charge in [0, 0.05) is 6.21 Å². The zero-order chi connectivity index (χ0) is 19.3. The van der Waals surface area contributed by atoms with E-state index in [9.17, 15) is 27.2 Å². The summed E-state index contributed by atoms with van der Waals surface area (Å²) < 4.78 is 58.6. The minimum absolute atomic E-state index is 0.153. The number of rotatable bonds is 7. The van der Waals surface area contributed by atoms with Crippen LogP contribution in [-0.4, -0.2) is 42.3 Å². The van der Waals surface area contributed by atoms with Gasteiger partial charge in [-0.05, 0) is 29.8 Å². The number of esters is 1. The van der Waals surface area contributed by atoms with Crippen LogP contribution in [0.15, 0.2) is 9.47 Å². The molecule has 0 heterocycles. The third-order valence-electron chi connectivity index (χ3n) is 3.03. The summed E-state index contributed by atoms with van der Waals surface area (Å²) in [5.41, 5.74) is -1.56. The zero-order valence-corrected chi connectivity index (χ0v) is 14.7. The first-order valence-corrected chi connectivity index (χ1v) is 7.82. The Morgan fingerprint density at radius 2 is 1.72 bits per heavy atom. The molecular formula is C15H14BrF4NO4. The number of ether oxygens (including phenoxy) is 1. The van der Waals surface area contributed by atoms with Crippen LogP contribution in [0, 0.1) is 29.2 Å². The molecule has 0 saturated heterocycles. The molecule has 0 aliphatic heterocycles. The summed E-state index contributed by atoms with van der Waals surface area (Å²) in [7, 11) is 0. The van der Waals surface area contributed by atoms with E-state index < -0.39 is 63.6 Å². The minimum Gasteiger partial charge on any atom is -0.465 e. The van der Waals surface area contributed by atoms with Crippen molar-refractivity contribution in [3.63, 3.8) is 0 Å². The van der Waals surface area contributed by atoms with Gasteiger partial charge >= 0.3 is 5.97 Å². The Labute approximate surface area is 148 Å². The average Bonchev–Trinajstić information content (AvgIpc) is 2.58. The van der Waals surface area contributed by atoms with Gasteiger partial charge in [-0.25, -0.2) is 17.6 Å². The van der Waals surface area contributed by atoms with Crippen molar-refractivity contribution in [2.24, 2.45) is 10.9 Å². The Kier molecular flexibility index (Phi) is 7.68. The molecule has 0 aliphatic rings. The van der Waals surface area contributed by atoms with Crippen LogP contribution in [0.1, 0.15) is 24.2 Å². The van der Waals surface area contributed by atoms with Gasteiger partial charge in [-0.15, -0.1) is 0 Å². The number of ketones is 1. The summed E-state index contributed by atoms with van der Waals surface area (Å²) >= 11 is 2.33. The van der Waals surface area contributed by atoms with Crippen molar-refractivity contribution in [1.82, 2.24) is 0 Å². The van der Waals surface area contributed by atoms with Crippen molar-refractivity contribution < 1.29 is 37.0 Å². The van der Waals surface area contributed by atoms with E-state index in [4.69, 9.17) is 5.11 Å². The molecule has 0 amide bonds. The van der Waals surface area contributed by atoms with Crippen molar-refractivity contribution in [1.29, 1.82) is 0 Å². The summed E-state index contributed by atoms with van der Waals surface area (Å²) in [5, 5.41) is 8.90. The number of carbonyl (C=O) groups excluding carboxylic acids is 2. The first-order valence-electron chi connectivity index (χ1n) is 7.03. The Bertz CT molecular complexity index is 682. The fourth-order valence-electron chi connectivity index (χ4n) is 1.72. The predicted molar refractivity (Wildman–Crippen MR) is 83.5 cm³/mol. The van der Waals surface area contributed by atoms with E-state index in [0.29, 0.717) is 0 Å². The lowest BCUT2D eigenvalue weighted by atomic mass is 9.97. The van der Waals surface area contributed by atoms with E-state index in [-0.39, 0.29) is 6.61 Å². The van der Waals surface area contributed by atoms with E-state index in [0.717, 1.165) is 6.21 Å². The standard InChI is InChI=1S/C15H14BrF4NO4/c1-3-25-15(24)7(4-21-6(2)5-22)14(23)8-10(17)12(19)9(16)13(20)11(8)18/h4,6-7,22H,3,5H2,1-2H3/t6-,7?/m0/s1. The number of hydrogen-bond donors (Lipinski definition) is 1. The summed E-state index contributed by atoms with van der Waals surface area (Å²) in [4.78, 5) is 27.9. The first-order chi connectivity index (χ1) is 11.7. The number of Topliss-reactive ketones (excluding diaryl/α,β-unsaturated/α-hetero) is 1. The van der Waals surface area contributed by atoms with Crippen LogP contribution in [0.4, 0.5) is 17.6 Å². The van der Waals surface area contributed by atoms with E-state index in [1.54, 1.807) is 0 Å². The maximum Gasteiger partial charge on any atom is 0.322 e. The van der Waals surface area contributed by atoms with Crippen LogP contribution < -0.4 is 0 Å². The van der Waals surface area contributed by atoms with Gasteiger partial charge in [0.25, 0.3) is 0 Å². The minimum atomic E-state index is -1.95. The maximum absolute atomic E-state index is 14.0. The van der Waals surface area contributed by atoms with E-state index in [1.165, 1.54) is 13.8 Å². The predicted octanol–water partition coefficient (Wildman–Crippen LogP) is 2.82. The van der Waals surface area contributed by atoms with Crippen molar-refractivity contribution >= 4 is 33.9 Å². The Morgan fingerprint density at radius 1 is 1.20 bits per heavy atom. The van der Waals surface area contributed by atoms with E-state index in [1.807, 2.05) is 0 Å². The molecule has 0 saturated carbocycles. The molecule has 0 fully saturated rings. The number of nitrogens with zero attached hydrogens (tertiary/aromatic N) is 1. The molecule has 1 rings (SSSR count). The average molecular weight is 428 g/mol. The summed E-state index contributed by atoms with van der Waals surface area (Å²) in [6.07, 6.45) is 0.720. The fourth-order valence-corrected chi connectivity index (χ4v) is 2.07. The Balaban J connectivity index is 3.44. The molecule has 25 heavy (non-hydrogen) atoms. The number of hydrogen-bond acceptors (Lipinski definition) is 5. The van der Waals surface area contributed by atoms with Gasteiger partial charge in [-0.1, -0.05) is 0 Å². The second kappa shape index (κ2) is 9.04. The van der Waals surface area contributed by atoms with Crippen molar-refractivity contribution in [2.75, 3.05) is 13.2 Å². The number of carbonyl (C=O) groups is 2. The lowest BCUT2D eigenvalue weighted by Gasteiger charge is -2.13. The topological polar surface area (TPSA) is 76.0 Å². The second-order valence-electron chi connectivity index (χ2n) is 4.87.